The molecule has 0 aliphatic heterocycles. The van der Waals surface area contributed by atoms with Crippen LogP contribution in [0.1, 0.15) is 5.01 Å². The van der Waals surface area contributed by atoms with Gasteiger partial charge in [0.25, 0.3) is 0 Å². The Hall–Kier alpha value is -1.27. The van der Waals surface area contributed by atoms with Gasteiger partial charge in [0.15, 0.2) is 0 Å². The normalized spacial score (nSPS) is 10.5. The summed E-state index contributed by atoms with van der Waals surface area (Å²) in [4.78, 5) is 3.94. The summed E-state index contributed by atoms with van der Waals surface area (Å²) in [5.41, 5.74) is 0. The van der Waals surface area contributed by atoms with Gasteiger partial charge in [0.05, 0.1) is 0 Å². The van der Waals surface area contributed by atoms with Gasteiger partial charge in [-0.15, -0.1) is 10.2 Å². The Kier molecular flexibility index (Phi) is 2.33. The molecule has 2 rings (SSSR count). The van der Waals surface area contributed by atoms with E-state index in [1.54, 1.807) is 23.9 Å². The molecule has 68 valence electrons. The molecule has 1 N–H and O–H groups in total. The van der Waals surface area contributed by atoms with Gasteiger partial charge in [-0.05, 0) is 7.05 Å². The van der Waals surface area contributed by atoms with E-state index in [4.69, 9.17) is 0 Å². The first-order valence-corrected chi connectivity index (χ1v) is 4.67. The molecule has 0 amide bonds. The maximum atomic E-state index is 4.03. The van der Waals surface area contributed by atoms with E-state index < -0.39 is 0 Å². The Morgan fingerprint density at radius 2 is 2.46 bits per heavy atom. The molecule has 2 aromatic rings. The Morgan fingerprint density at radius 1 is 1.54 bits per heavy atom. The van der Waals surface area contributed by atoms with Crippen LogP contribution in [0, 0.1) is 0 Å². The van der Waals surface area contributed by atoms with Gasteiger partial charge in [-0.25, -0.2) is 4.98 Å². The Morgan fingerprint density at radius 3 is 3.15 bits per heavy atom. The molecule has 0 unspecified atom stereocenters. The molecule has 0 aliphatic carbocycles. The molecule has 5 nitrogen and oxygen atoms in total. The fraction of sp³-hybridized carbons (Fsp3) is 0.286. The van der Waals surface area contributed by atoms with E-state index in [0.29, 0.717) is 0 Å². The van der Waals surface area contributed by atoms with Crippen molar-refractivity contribution < 1.29 is 0 Å². The van der Waals surface area contributed by atoms with Crippen molar-refractivity contribution in [2.45, 2.75) is 6.54 Å². The third kappa shape index (κ3) is 1.73. The van der Waals surface area contributed by atoms with E-state index in [1.807, 2.05) is 17.8 Å². The summed E-state index contributed by atoms with van der Waals surface area (Å²) in [6.07, 6.45) is 5.28. The van der Waals surface area contributed by atoms with Crippen molar-refractivity contribution in [1.82, 2.24) is 25.1 Å². The smallest absolute Gasteiger partial charge is 0.217 e. The fourth-order valence-corrected chi connectivity index (χ4v) is 1.75. The van der Waals surface area contributed by atoms with Crippen LogP contribution in [-0.4, -0.2) is 26.8 Å². The molecule has 6 heteroatoms. The zero-order chi connectivity index (χ0) is 9.10. The van der Waals surface area contributed by atoms with Gasteiger partial charge in [-0.3, -0.25) is 4.57 Å². The zero-order valence-electron chi connectivity index (χ0n) is 7.14. The fourth-order valence-electron chi connectivity index (χ4n) is 0.944. The lowest BCUT2D eigenvalue weighted by Crippen LogP contribution is -2.04. The largest absolute Gasteiger partial charge is 0.313 e. The monoisotopic (exact) mass is 195 g/mol. The summed E-state index contributed by atoms with van der Waals surface area (Å²) in [5.74, 6) is 0. The van der Waals surface area contributed by atoms with Crippen molar-refractivity contribution in [3.05, 3.63) is 23.7 Å². The van der Waals surface area contributed by atoms with Crippen molar-refractivity contribution in [1.29, 1.82) is 0 Å². The van der Waals surface area contributed by atoms with Gasteiger partial charge in [0.1, 0.15) is 11.3 Å². The molecule has 0 bridgehead atoms. The molecule has 0 radical (unpaired) electrons. The Balaban J connectivity index is 2.23. The summed E-state index contributed by atoms with van der Waals surface area (Å²) < 4.78 is 1.84. The first-order chi connectivity index (χ1) is 6.40. The lowest BCUT2D eigenvalue weighted by Gasteiger charge is -1.90. The summed E-state index contributed by atoms with van der Waals surface area (Å²) in [6.45, 7) is 0.756. The van der Waals surface area contributed by atoms with Crippen LogP contribution < -0.4 is 5.32 Å². The van der Waals surface area contributed by atoms with Crippen molar-refractivity contribution in [2.75, 3.05) is 7.05 Å². The summed E-state index contributed by atoms with van der Waals surface area (Å²) in [6, 6.07) is 0. The molecule has 0 fully saturated rings. The van der Waals surface area contributed by atoms with E-state index in [9.17, 15) is 0 Å². The molecule has 0 spiro atoms. The van der Waals surface area contributed by atoms with Crippen molar-refractivity contribution in [2.24, 2.45) is 0 Å². The van der Waals surface area contributed by atoms with Gasteiger partial charge < -0.3 is 5.32 Å². The van der Waals surface area contributed by atoms with E-state index in [-0.39, 0.29) is 0 Å². The first kappa shape index (κ1) is 8.33. The third-order valence-electron chi connectivity index (χ3n) is 1.51. The van der Waals surface area contributed by atoms with Gasteiger partial charge in [0, 0.05) is 18.9 Å². The highest BCUT2D eigenvalue weighted by Crippen LogP contribution is 2.13. The Bertz CT molecular complexity index is 366. The average molecular weight is 195 g/mol. The lowest BCUT2D eigenvalue weighted by molar-refractivity contribution is 0.791. The number of imidazole rings is 1. The van der Waals surface area contributed by atoms with E-state index >= 15 is 0 Å². The number of nitrogens with one attached hydrogen (secondary N) is 1. The molecular weight excluding hydrogens is 186 g/mol. The van der Waals surface area contributed by atoms with Gasteiger partial charge in [0.2, 0.25) is 5.13 Å². The zero-order valence-corrected chi connectivity index (χ0v) is 7.95. The SMILES string of the molecule is CNCc1nnc(-n2ccnc2)s1. The second kappa shape index (κ2) is 3.63. The predicted molar refractivity (Wildman–Crippen MR) is 49.8 cm³/mol. The maximum Gasteiger partial charge on any atom is 0.217 e. The van der Waals surface area contributed by atoms with Crippen LogP contribution in [0.15, 0.2) is 18.7 Å². The molecule has 0 atom stereocenters. The van der Waals surface area contributed by atoms with Gasteiger partial charge >= 0.3 is 0 Å². The highest BCUT2D eigenvalue weighted by atomic mass is 32.1. The number of hydrogen-bond donors (Lipinski definition) is 1. The van der Waals surface area contributed by atoms with E-state index in [1.165, 1.54) is 0 Å². The number of rotatable bonds is 3. The summed E-state index contributed by atoms with van der Waals surface area (Å²) >= 11 is 1.55. The average Bonchev–Trinajstić information content (AvgIpc) is 2.70. The topological polar surface area (TPSA) is 55.6 Å². The minimum Gasteiger partial charge on any atom is -0.313 e. The minimum atomic E-state index is 0.756. The number of aromatic nitrogens is 4. The number of hydrogen-bond acceptors (Lipinski definition) is 5. The standard InChI is InChI=1S/C7H9N5S/c1-8-4-6-10-11-7(13-6)12-3-2-9-5-12/h2-3,5,8H,4H2,1H3. The van der Waals surface area contributed by atoms with Crippen LogP contribution in [-0.2, 0) is 6.54 Å². The van der Waals surface area contributed by atoms with Crippen LogP contribution >= 0.6 is 11.3 Å². The lowest BCUT2D eigenvalue weighted by atomic mass is 10.7. The van der Waals surface area contributed by atoms with Gasteiger partial charge in [-0.1, -0.05) is 11.3 Å². The van der Waals surface area contributed by atoms with Crippen LogP contribution in [0.4, 0.5) is 0 Å². The summed E-state index contributed by atoms with van der Waals surface area (Å²) in [5, 5.41) is 12.9. The van der Waals surface area contributed by atoms with Crippen molar-refractivity contribution in [3.63, 3.8) is 0 Å². The van der Waals surface area contributed by atoms with Crippen LogP contribution in [0.2, 0.25) is 0 Å². The van der Waals surface area contributed by atoms with E-state index in [0.717, 1.165) is 16.7 Å². The Labute approximate surface area is 79.5 Å². The number of nitrogens with zero attached hydrogens (tertiary/aromatic N) is 4. The first-order valence-electron chi connectivity index (χ1n) is 3.85. The van der Waals surface area contributed by atoms with Crippen molar-refractivity contribution >= 4 is 11.3 Å². The predicted octanol–water partition coefficient (Wildman–Crippen LogP) is 0.443. The third-order valence-corrected chi connectivity index (χ3v) is 2.45. The molecule has 0 saturated heterocycles. The highest BCUT2D eigenvalue weighted by molar-refractivity contribution is 7.13. The molecule has 2 aromatic heterocycles. The minimum absolute atomic E-state index is 0.756. The quantitative estimate of drug-likeness (QED) is 0.772. The summed E-state index contributed by atoms with van der Waals surface area (Å²) in [7, 11) is 1.89. The molecule has 0 saturated carbocycles. The van der Waals surface area contributed by atoms with E-state index in [2.05, 4.69) is 20.5 Å². The van der Waals surface area contributed by atoms with Gasteiger partial charge in [-0.2, -0.15) is 0 Å². The highest BCUT2D eigenvalue weighted by Gasteiger charge is 2.03. The van der Waals surface area contributed by atoms with Crippen LogP contribution in [0.5, 0.6) is 0 Å². The molecule has 0 aliphatic rings. The molecule has 0 aromatic carbocycles. The molecule has 13 heavy (non-hydrogen) atoms. The molecule has 2 heterocycles. The maximum absolute atomic E-state index is 4.03. The van der Waals surface area contributed by atoms with Crippen LogP contribution in [0.3, 0.4) is 0 Å². The second-order valence-corrected chi connectivity index (χ2v) is 3.52. The van der Waals surface area contributed by atoms with Crippen molar-refractivity contribution in [3.8, 4) is 5.13 Å². The van der Waals surface area contributed by atoms with Crippen LogP contribution in [0.25, 0.3) is 5.13 Å². The molecular formula is C7H9N5S. The second-order valence-electron chi connectivity index (χ2n) is 2.48.